The summed E-state index contributed by atoms with van der Waals surface area (Å²) in [6.07, 6.45) is 5.22. The van der Waals surface area contributed by atoms with E-state index in [1.54, 1.807) is 0 Å². The molecule has 0 saturated carbocycles. The first-order valence-corrected chi connectivity index (χ1v) is 7.46. The summed E-state index contributed by atoms with van der Waals surface area (Å²) in [6.45, 7) is 0.856. The highest BCUT2D eigenvalue weighted by Crippen LogP contribution is 2.20. The number of ether oxygens (including phenoxy) is 1. The maximum absolute atomic E-state index is 12.3. The van der Waals surface area contributed by atoms with Crippen molar-refractivity contribution in [3.63, 3.8) is 0 Å². The van der Waals surface area contributed by atoms with Crippen LogP contribution >= 0.6 is 0 Å². The zero-order valence-electron chi connectivity index (χ0n) is 11.7. The number of fused-ring (bicyclic) bond motifs is 1. The summed E-state index contributed by atoms with van der Waals surface area (Å²) >= 11 is 0. The molecule has 0 radical (unpaired) electrons. The van der Waals surface area contributed by atoms with Gasteiger partial charge in [0.05, 0.1) is 6.10 Å². The molecule has 0 amide bonds. The van der Waals surface area contributed by atoms with Crippen LogP contribution in [0.2, 0.25) is 0 Å². The van der Waals surface area contributed by atoms with Gasteiger partial charge in [-0.3, -0.25) is 4.79 Å². The fraction of sp³-hybridized carbons (Fsp3) is 0.389. The molecule has 1 aliphatic rings. The van der Waals surface area contributed by atoms with Gasteiger partial charge >= 0.3 is 0 Å². The van der Waals surface area contributed by atoms with Crippen molar-refractivity contribution < 1.29 is 9.53 Å². The van der Waals surface area contributed by atoms with Crippen LogP contribution in [0, 0.1) is 0 Å². The molecule has 0 N–H and O–H groups in total. The maximum Gasteiger partial charge on any atom is 0.162 e. The first-order chi connectivity index (χ1) is 9.83. The third kappa shape index (κ3) is 3.07. The number of rotatable bonds is 4. The Labute approximate surface area is 119 Å². The van der Waals surface area contributed by atoms with E-state index in [1.165, 1.54) is 11.8 Å². The number of benzene rings is 2. The maximum atomic E-state index is 12.3. The van der Waals surface area contributed by atoms with E-state index in [4.69, 9.17) is 4.74 Å². The van der Waals surface area contributed by atoms with Gasteiger partial charge in [0, 0.05) is 18.6 Å². The molecule has 0 spiro atoms. The van der Waals surface area contributed by atoms with E-state index in [9.17, 15) is 4.79 Å². The number of hydrogen-bond donors (Lipinski definition) is 0. The standard InChI is InChI=1S/C18H20O2/c19-18(11-10-17-7-3-4-12-20-17)16-9-8-14-5-1-2-6-15(14)13-16/h1-2,5-6,8-9,13,17H,3-4,7,10-12H2. The molecule has 1 fully saturated rings. The molecule has 2 heteroatoms. The van der Waals surface area contributed by atoms with Gasteiger partial charge in [-0.1, -0.05) is 36.4 Å². The lowest BCUT2D eigenvalue weighted by Gasteiger charge is -2.22. The van der Waals surface area contributed by atoms with Crippen molar-refractivity contribution in [1.29, 1.82) is 0 Å². The van der Waals surface area contributed by atoms with Crippen LogP contribution in [0.1, 0.15) is 42.5 Å². The minimum Gasteiger partial charge on any atom is -0.378 e. The van der Waals surface area contributed by atoms with E-state index in [2.05, 4.69) is 12.1 Å². The monoisotopic (exact) mass is 268 g/mol. The number of Topliss-reactive ketones (excluding diaryl/α,β-unsaturated/α-hetero) is 1. The molecule has 1 heterocycles. The topological polar surface area (TPSA) is 26.3 Å². The predicted molar refractivity (Wildman–Crippen MR) is 81.1 cm³/mol. The SMILES string of the molecule is O=C(CCC1CCCCO1)c1ccc2ccccc2c1. The molecule has 1 saturated heterocycles. The second-order valence-corrected chi connectivity index (χ2v) is 5.51. The van der Waals surface area contributed by atoms with Crippen molar-refractivity contribution >= 4 is 16.6 Å². The summed E-state index contributed by atoms with van der Waals surface area (Å²) in [5.74, 6) is 0.227. The molecule has 0 aromatic heterocycles. The highest BCUT2D eigenvalue weighted by atomic mass is 16.5. The average molecular weight is 268 g/mol. The Bertz CT molecular complexity index is 597. The third-order valence-corrected chi connectivity index (χ3v) is 4.04. The van der Waals surface area contributed by atoms with Gasteiger partial charge in [0.2, 0.25) is 0 Å². The fourth-order valence-electron chi connectivity index (χ4n) is 2.83. The number of carbonyl (C=O) groups excluding carboxylic acids is 1. The van der Waals surface area contributed by atoms with Crippen LogP contribution in [0.5, 0.6) is 0 Å². The van der Waals surface area contributed by atoms with Gasteiger partial charge in [-0.25, -0.2) is 0 Å². The summed E-state index contributed by atoms with van der Waals surface area (Å²) in [6, 6.07) is 14.1. The summed E-state index contributed by atoms with van der Waals surface area (Å²) in [5.41, 5.74) is 0.819. The summed E-state index contributed by atoms with van der Waals surface area (Å²) in [4.78, 5) is 12.3. The number of carbonyl (C=O) groups is 1. The highest BCUT2D eigenvalue weighted by molar-refractivity contribution is 5.99. The first-order valence-electron chi connectivity index (χ1n) is 7.46. The largest absolute Gasteiger partial charge is 0.378 e. The van der Waals surface area contributed by atoms with Crippen LogP contribution < -0.4 is 0 Å². The van der Waals surface area contributed by atoms with Crippen molar-refractivity contribution in [2.45, 2.75) is 38.2 Å². The minimum atomic E-state index is 0.227. The molecule has 0 bridgehead atoms. The van der Waals surface area contributed by atoms with Crippen LogP contribution in [-0.2, 0) is 4.74 Å². The van der Waals surface area contributed by atoms with Crippen LogP contribution in [0.4, 0.5) is 0 Å². The lowest BCUT2D eigenvalue weighted by molar-refractivity contribution is 0.0104. The zero-order chi connectivity index (χ0) is 13.8. The average Bonchev–Trinajstić information content (AvgIpc) is 2.53. The smallest absolute Gasteiger partial charge is 0.162 e. The van der Waals surface area contributed by atoms with Crippen molar-refractivity contribution in [1.82, 2.24) is 0 Å². The summed E-state index contributed by atoms with van der Waals surface area (Å²) in [5, 5.41) is 2.31. The lowest BCUT2D eigenvalue weighted by Crippen LogP contribution is -2.20. The van der Waals surface area contributed by atoms with Gasteiger partial charge in [0.15, 0.2) is 5.78 Å². The normalized spacial score (nSPS) is 19.1. The minimum absolute atomic E-state index is 0.227. The van der Waals surface area contributed by atoms with Gasteiger partial charge in [0.1, 0.15) is 0 Å². The molecular formula is C18H20O2. The van der Waals surface area contributed by atoms with Gasteiger partial charge in [-0.05, 0) is 42.5 Å². The molecule has 1 unspecified atom stereocenters. The zero-order valence-corrected chi connectivity index (χ0v) is 11.7. The van der Waals surface area contributed by atoms with Crippen LogP contribution in [0.25, 0.3) is 10.8 Å². The Morgan fingerprint density at radius 2 is 1.95 bits per heavy atom. The van der Waals surface area contributed by atoms with Crippen LogP contribution in [0.15, 0.2) is 42.5 Å². The summed E-state index contributed by atoms with van der Waals surface area (Å²) in [7, 11) is 0. The Morgan fingerprint density at radius 1 is 1.10 bits per heavy atom. The van der Waals surface area contributed by atoms with Crippen LogP contribution in [-0.4, -0.2) is 18.5 Å². The molecule has 1 aliphatic heterocycles. The van der Waals surface area contributed by atoms with Crippen molar-refractivity contribution in [3.05, 3.63) is 48.0 Å². The van der Waals surface area contributed by atoms with Crippen molar-refractivity contribution in [2.24, 2.45) is 0 Å². The van der Waals surface area contributed by atoms with Gasteiger partial charge in [0.25, 0.3) is 0 Å². The quantitative estimate of drug-likeness (QED) is 0.769. The molecule has 2 aromatic carbocycles. The van der Waals surface area contributed by atoms with Crippen molar-refractivity contribution in [3.8, 4) is 0 Å². The first kappa shape index (κ1) is 13.3. The Balaban J connectivity index is 1.65. The third-order valence-electron chi connectivity index (χ3n) is 4.04. The number of hydrogen-bond acceptors (Lipinski definition) is 2. The Hall–Kier alpha value is -1.67. The highest BCUT2D eigenvalue weighted by Gasteiger charge is 2.16. The Morgan fingerprint density at radius 3 is 2.75 bits per heavy atom. The molecule has 20 heavy (non-hydrogen) atoms. The van der Waals surface area contributed by atoms with Gasteiger partial charge in [-0.2, -0.15) is 0 Å². The van der Waals surface area contributed by atoms with E-state index in [0.717, 1.165) is 36.8 Å². The second-order valence-electron chi connectivity index (χ2n) is 5.51. The molecule has 104 valence electrons. The second kappa shape index (κ2) is 6.19. The van der Waals surface area contributed by atoms with Crippen LogP contribution in [0.3, 0.4) is 0 Å². The molecule has 2 aromatic rings. The van der Waals surface area contributed by atoms with E-state index < -0.39 is 0 Å². The lowest BCUT2D eigenvalue weighted by atomic mass is 9.98. The van der Waals surface area contributed by atoms with E-state index >= 15 is 0 Å². The fourth-order valence-corrected chi connectivity index (χ4v) is 2.83. The molecule has 2 nitrogen and oxygen atoms in total. The Kier molecular flexibility index (Phi) is 4.12. The molecule has 1 atom stereocenters. The molecule has 0 aliphatic carbocycles. The predicted octanol–water partition coefficient (Wildman–Crippen LogP) is 4.37. The molecule has 3 rings (SSSR count). The van der Waals surface area contributed by atoms with Gasteiger partial charge in [-0.15, -0.1) is 0 Å². The van der Waals surface area contributed by atoms with E-state index in [-0.39, 0.29) is 11.9 Å². The van der Waals surface area contributed by atoms with E-state index in [0.29, 0.717) is 6.42 Å². The molecular weight excluding hydrogens is 248 g/mol. The van der Waals surface area contributed by atoms with Crippen molar-refractivity contribution in [2.75, 3.05) is 6.61 Å². The summed E-state index contributed by atoms with van der Waals surface area (Å²) < 4.78 is 5.68. The van der Waals surface area contributed by atoms with E-state index in [1.807, 2.05) is 30.3 Å². The number of ketones is 1. The van der Waals surface area contributed by atoms with Gasteiger partial charge < -0.3 is 4.74 Å².